The maximum atomic E-state index is 6.19. The van der Waals surface area contributed by atoms with Gasteiger partial charge < -0.3 is 9.84 Å². The fraction of sp³-hybridized carbons (Fsp3) is 0.357. The monoisotopic (exact) mass is 298 g/mol. The standard InChI is InChI=1S/C14H16Cl2N2O/c1-8(12-5-4-11(15)6-14(12)16)17-7-13-9(2)18-19-10(13)3/h4-6,8,17H,7H2,1-3H3. The molecule has 1 aromatic carbocycles. The topological polar surface area (TPSA) is 38.1 Å². The molecule has 0 fully saturated rings. The van der Waals surface area contributed by atoms with Crippen molar-refractivity contribution in [3.63, 3.8) is 0 Å². The molecule has 2 aromatic rings. The van der Waals surface area contributed by atoms with E-state index in [1.54, 1.807) is 6.07 Å². The first-order chi connectivity index (χ1) is 8.99. The number of aromatic nitrogens is 1. The lowest BCUT2D eigenvalue weighted by Crippen LogP contribution is -2.19. The third-order valence-corrected chi connectivity index (χ3v) is 3.76. The van der Waals surface area contributed by atoms with Gasteiger partial charge in [0.15, 0.2) is 0 Å². The van der Waals surface area contributed by atoms with E-state index in [9.17, 15) is 0 Å². The summed E-state index contributed by atoms with van der Waals surface area (Å²) in [6.45, 7) is 6.61. The van der Waals surface area contributed by atoms with Gasteiger partial charge in [-0.3, -0.25) is 0 Å². The van der Waals surface area contributed by atoms with Crippen LogP contribution in [0.25, 0.3) is 0 Å². The van der Waals surface area contributed by atoms with Crippen LogP contribution in [0.3, 0.4) is 0 Å². The van der Waals surface area contributed by atoms with E-state index >= 15 is 0 Å². The molecule has 1 unspecified atom stereocenters. The van der Waals surface area contributed by atoms with Gasteiger partial charge in [0.05, 0.1) is 5.69 Å². The zero-order valence-electron chi connectivity index (χ0n) is 11.1. The summed E-state index contributed by atoms with van der Waals surface area (Å²) in [7, 11) is 0. The molecule has 0 spiro atoms. The van der Waals surface area contributed by atoms with Crippen LogP contribution in [0, 0.1) is 13.8 Å². The van der Waals surface area contributed by atoms with Crippen LogP contribution >= 0.6 is 23.2 Å². The van der Waals surface area contributed by atoms with Gasteiger partial charge in [-0.05, 0) is 38.5 Å². The lowest BCUT2D eigenvalue weighted by Gasteiger charge is -2.15. The van der Waals surface area contributed by atoms with Gasteiger partial charge in [0.1, 0.15) is 5.76 Å². The summed E-state index contributed by atoms with van der Waals surface area (Å²) in [4.78, 5) is 0. The summed E-state index contributed by atoms with van der Waals surface area (Å²) >= 11 is 12.1. The van der Waals surface area contributed by atoms with Crippen molar-refractivity contribution in [1.29, 1.82) is 0 Å². The number of nitrogens with one attached hydrogen (secondary N) is 1. The number of hydrogen-bond acceptors (Lipinski definition) is 3. The molecule has 3 nitrogen and oxygen atoms in total. The Morgan fingerprint density at radius 2 is 2.05 bits per heavy atom. The second kappa shape index (κ2) is 5.95. The van der Waals surface area contributed by atoms with Crippen LogP contribution in [0.15, 0.2) is 22.7 Å². The van der Waals surface area contributed by atoms with Crippen molar-refractivity contribution in [3.05, 3.63) is 50.8 Å². The van der Waals surface area contributed by atoms with Crippen LogP contribution in [-0.4, -0.2) is 5.16 Å². The minimum absolute atomic E-state index is 0.124. The predicted octanol–water partition coefficient (Wildman–Crippen LogP) is 4.45. The van der Waals surface area contributed by atoms with E-state index in [1.807, 2.05) is 26.0 Å². The predicted molar refractivity (Wildman–Crippen MR) is 77.7 cm³/mol. The molecule has 102 valence electrons. The van der Waals surface area contributed by atoms with Gasteiger partial charge >= 0.3 is 0 Å². The first kappa shape index (κ1) is 14.4. The van der Waals surface area contributed by atoms with E-state index in [-0.39, 0.29) is 6.04 Å². The molecule has 5 heteroatoms. The number of nitrogens with zero attached hydrogens (tertiary/aromatic N) is 1. The molecule has 1 atom stereocenters. The number of hydrogen-bond donors (Lipinski definition) is 1. The van der Waals surface area contributed by atoms with Gasteiger partial charge in [0, 0.05) is 28.2 Å². The number of aryl methyl sites for hydroxylation is 2. The Bertz CT molecular complexity index is 561. The van der Waals surface area contributed by atoms with Crippen molar-refractivity contribution in [3.8, 4) is 0 Å². The van der Waals surface area contributed by atoms with E-state index in [4.69, 9.17) is 27.7 Å². The fourth-order valence-corrected chi connectivity index (χ4v) is 2.54. The minimum atomic E-state index is 0.124. The highest BCUT2D eigenvalue weighted by molar-refractivity contribution is 6.35. The molecule has 0 saturated heterocycles. The summed E-state index contributed by atoms with van der Waals surface area (Å²) < 4.78 is 5.14. The van der Waals surface area contributed by atoms with Crippen LogP contribution in [0.5, 0.6) is 0 Å². The molecule has 0 aliphatic rings. The molecule has 0 bridgehead atoms. The second-order valence-corrected chi connectivity index (χ2v) is 5.41. The molecule has 1 aromatic heterocycles. The SMILES string of the molecule is Cc1noc(C)c1CNC(C)c1ccc(Cl)cc1Cl. The van der Waals surface area contributed by atoms with Crippen molar-refractivity contribution >= 4 is 23.2 Å². The zero-order chi connectivity index (χ0) is 14.0. The molecule has 0 amide bonds. The Morgan fingerprint density at radius 3 is 2.63 bits per heavy atom. The van der Waals surface area contributed by atoms with E-state index < -0.39 is 0 Å². The lowest BCUT2D eigenvalue weighted by atomic mass is 10.1. The van der Waals surface area contributed by atoms with Gasteiger partial charge in [0.25, 0.3) is 0 Å². The third kappa shape index (κ3) is 3.30. The summed E-state index contributed by atoms with van der Waals surface area (Å²) in [5.74, 6) is 0.847. The molecule has 0 radical (unpaired) electrons. The number of benzene rings is 1. The van der Waals surface area contributed by atoms with Gasteiger partial charge in [-0.25, -0.2) is 0 Å². The van der Waals surface area contributed by atoms with Gasteiger partial charge in [-0.2, -0.15) is 0 Å². The van der Waals surface area contributed by atoms with Crippen LogP contribution in [0.1, 0.15) is 35.5 Å². The molecular formula is C14H16Cl2N2O. The summed E-state index contributed by atoms with van der Waals surface area (Å²) in [5, 5.41) is 8.67. The molecule has 1 N–H and O–H groups in total. The first-order valence-corrected chi connectivity index (χ1v) is 6.84. The van der Waals surface area contributed by atoms with Gasteiger partial charge in [-0.15, -0.1) is 0 Å². The maximum Gasteiger partial charge on any atom is 0.138 e. The van der Waals surface area contributed by atoms with Crippen molar-refractivity contribution < 1.29 is 4.52 Å². The van der Waals surface area contributed by atoms with Gasteiger partial charge in [0.2, 0.25) is 0 Å². The molecular weight excluding hydrogens is 283 g/mol. The van der Waals surface area contributed by atoms with E-state index in [0.717, 1.165) is 22.6 Å². The van der Waals surface area contributed by atoms with E-state index in [0.29, 0.717) is 16.6 Å². The molecule has 19 heavy (non-hydrogen) atoms. The zero-order valence-corrected chi connectivity index (χ0v) is 12.6. The fourth-order valence-electron chi connectivity index (χ4n) is 1.97. The van der Waals surface area contributed by atoms with Crippen LogP contribution < -0.4 is 5.32 Å². The molecule has 0 aliphatic heterocycles. The van der Waals surface area contributed by atoms with Gasteiger partial charge in [-0.1, -0.05) is 34.4 Å². The Morgan fingerprint density at radius 1 is 1.32 bits per heavy atom. The third-order valence-electron chi connectivity index (χ3n) is 3.20. The molecule has 1 heterocycles. The highest BCUT2D eigenvalue weighted by atomic mass is 35.5. The molecule has 0 aliphatic carbocycles. The van der Waals surface area contributed by atoms with E-state index in [1.165, 1.54) is 0 Å². The van der Waals surface area contributed by atoms with Crippen LogP contribution in [0.4, 0.5) is 0 Å². The molecule has 2 rings (SSSR count). The highest BCUT2D eigenvalue weighted by Gasteiger charge is 2.13. The second-order valence-electron chi connectivity index (χ2n) is 4.57. The first-order valence-electron chi connectivity index (χ1n) is 6.09. The van der Waals surface area contributed by atoms with Crippen molar-refractivity contribution in [2.24, 2.45) is 0 Å². The number of rotatable bonds is 4. The average Bonchev–Trinajstić information content (AvgIpc) is 2.66. The van der Waals surface area contributed by atoms with Crippen molar-refractivity contribution in [2.45, 2.75) is 33.4 Å². The van der Waals surface area contributed by atoms with Crippen LogP contribution in [0.2, 0.25) is 10.0 Å². The quantitative estimate of drug-likeness (QED) is 0.906. The Balaban J connectivity index is 2.07. The normalized spacial score (nSPS) is 12.7. The molecule has 0 saturated carbocycles. The Labute approximate surface area is 122 Å². The Hall–Kier alpha value is -1.03. The smallest absolute Gasteiger partial charge is 0.138 e. The average molecular weight is 299 g/mol. The summed E-state index contributed by atoms with van der Waals surface area (Å²) in [6.07, 6.45) is 0. The Kier molecular flexibility index (Phi) is 4.50. The van der Waals surface area contributed by atoms with Crippen LogP contribution in [-0.2, 0) is 6.54 Å². The summed E-state index contributed by atoms with van der Waals surface area (Å²) in [6, 6.07) is 5.66. The highest BCUT2D eigenvalue weighted by Crippen LogP contribution is 2.26. The van der Waals surface area contributed by atoms with Crippen molar-refractivity contribution in [2.75, 3.05) is 0 Å². The van der Waals surface area contributed by atoms with Crippen molar-refractivity contribution in [1.82, 2.24) is 10.5 Å². The maximum absolute atomic E-state index is 6.19. The lowest BCUT2D eigenvalue weighted by molar-refractivity contribution is 0.391. The van der Waals surface area contributed by atoms with E-state index in [2.05, 4.69) is 17.4 Å². The number of halogens is 2. The largest absolute Gasteiger partial charge is 0.361 e. The minimum Gasteiger partial charge on any atom is -0.361 e. The summed E-state index contributed by atoms with van der Waals surface area (Å²) in [5.41, 5.74) is 3.04.